The predicted octanol–water partition coefficient (Wildman–Crippen LogP) is 0.0746. The number of carbonyl (C=O) groups excluding carboxylic acids is 1. The molecular formula is C17H29N3O5S2. The molecular weight excluding hydrogens is 390 g/mol. The second kappa shape index (κ2) is 6.14. The third kappa shape index (κ3) is 2.86. The second-order valence-electron chi connectivity index (χ2n) is 8.67. The number of sulfonamides is 2. The fraction of sp³-hybridized carbons (Fsp3) is 0.941. The number of hydrogen-bond donors (Lipinski definition) is 0. The van der Waals surface area contributed by atoms with Crippen LogP contribution in [-0.2, 0) is 24.8 Å². The Hall–Kier alpha value is -0.710. The van der Waals surface area contributed by atoms with Crippen molar-refractivity contribution >= 4 is 26.0 Å². The molecule has 0 aromatic heterocycles. The molecule has 0 bridgehead atoms. The monoisotopic (exact) mass is 419 g/mol. The normalized spacial score (nSPS) is 32.8. The molecule has 0 N–H and O–H groups in total. The Morgan fingerprint density at radius 1 is 0.963 bits per heavy atom. The summed E-state index contributed by atoms with van der Waals surface area (Å²) in [5.74, 6) is 0.0506. The van der Waals surface area contributed by atoms with Gasteiger partial charge < -0.3 is 4.90 Å². The SMILES string of the molecule is CCN1CC[C@@]2(CN(S(C)(=O)=O)CC23CCN(S(=O)(=O)C2CC2)CC3)C1=O. The summed E-state index contributed by atoms with van der Waals surface area (Å²) in [6, 6.07) is 0. The van der Waals surface area contributed by atoms with Crippen molar-refractivity contribution in [1.29, 1.82) is 0 Å². The molecule has 1 amide bonds. The molecule has 3 heterocycles. The fourth-order valence-corrected chi connectivity index (χ4v) is 8.19. The summed E-state index contributed by atoms with van der Waals surface area (Å²) < 4.78 is 52.8. The van der Waals surface area contributed by atoms with Gasteiger partial charge in [-0.05, 0) is 39.0 Å². The van der Waals surface area contributed by atoms with Crippen LogP contribution in [0.1, 0.15) is 39.0 Å². The number of fused-ring (bicyclic) bond motifs is 1. The first-order chi connectivity index (χ1) is 12.6. The smallest absolute Gasteiger partial charge is 0.230 e. The van der Waals surface area contributed by atoms with Crippen molar-refractivity contribution in [2.45, 2.75) is 44.3 Å². The molecule has 4 aliphatic rings. The quantitative estimate of drug-likeness (QED) is 0.643. The first kappa shape index (κ1) is 19.6. The lowest BCUT2D eigenvalue weighted by Crippen LogP contribution is -2.54. The van der Waals surface area contributed by atoms with Crippen LogP contribution in [0.5, 0.6) is 0 Å². The molecule has 3 aliphatic heterocycles. The molecule has 1 atom stereocenters. The Morgan fingerprint density at radius 2 is 1.59 bits per heavy atom. The summed E-state index contributed by atoms with van der Waals surface area (Å²) in [5.41, 5.74) is -1.17. The Kier molecular flexibility index (Phi) is 4.46. The summed E-state index contributed by atoms with van der Waals surface area (Å²) >= 11 is 0. The van der Waals surface area contributed by atoms with E-state index in [1.807, 2.05) is 11.8 Å². The lowest BCUT2D eigenvalue weighted by Gasteiger charge is -2.46. The number of piperidine rings is 1. The molecule has 0 aromatic rings. The van der Waals surface area contributed by atoms with E-state index in [-0.39, 0.29) is 17.7 Å². The molecule has 0 radical (unpaired) electrons. The highest BCUT2D eigenvalue weighted by atomic mass is 32.2. The van der Waals surface area contributed by atoms with Gasteiger partial charge in [-0.1, -0.05) is 0 Å². The maximum absolute atomic E-state index is 13.3. The highest BCUT2D eigenvalue weighted by molar-refractivity contribution is 7.90. The van der Waals surface area contributed by atoms with Crippen LogP contribution < -0.4 is 0 Å². The van der Waals surface area contributed by atoms with E-state index >= 15 is 0 Å². The largest absolute Gasteiger partial charge is 0.342 e. The Balaban J connectivity index is 1.64. The van der Waals surface area contributed by atoms with Crippen molar-refractivity contribution in [3.8, 4) is 0 Å². The van der Waals surface area contributed by atoms with Crippen LogP contribution in [-0.4, -0.2) is 87.0 Å². The van der Waals surface area contributed by atoms with Crippen molar-refractivity contribution in [2.75, 3.05) is 45.5 Å². The third-order valence-corrected chi connectivity index (χ3v) is 10.9. The van der Waals surface area contributed by atoms with Crippen molar-refractivity contribution in [3.05, 3.63) is 0 Å². The van der Waals surface area contributed by atoms with Crippen molar-refractivity contribution < 1.29 is 21.6 Å². The number of carbonyl (C=O) groups is 1. The predicted molar refractivity (Wildman–Crippen MR) is 101 cm³/mol. The zero-order valence-corrected chi connectivity index (χ0v) is 17.7. The van der Waals surface area contributed by atoms with E-state index < -0.39 is 30.9 Å². The Labute approximate surface area is 162 Å². The van der Waals surface area contributed by atoms with Gasteiger partial charge in [0.05, 0.1) is 16.9 Å². The lowest BCUT2D eigenvalue weighted by atomic mass is 9.60. The van der Waals surface area contributed by atoms with E-state index in [4.69, 9.17) is 0 Å². The van der Waals surface area contributed by atoms with E-state index in [2.05, 4.69) is 0 Å². The molecule has 3 saturated heterocycles. The van der Waals surface area contributed by atoms with E-state index in [1.165, 1.54) is 10.6 Å². The summed E-state index contributed by atoms with van der Waals surface area (Å²) in [7, 11) is -6.64. The van der Waals surface area contributed by atoms with Crippen LogP contribution in [0.3, 0.4) is 0 Å². The van der Waals surface area contributed by atoms with Crippen LogP contribution >= 0.6 is 0 Å². The van der Waals surface area contributed by atoms with Gasteiger partial charge in [0.15, 0.2) is 0 Å². The van der Waals surface area contributed by atoms with Crippen LogP contribution in [0.25, 0.3) is 0 Å². The number of likely N-dealkylation sites (tertiary alicyclic amines) is 1. The molecule has 1 aliphatic carbocycles. The lowest BCUT2D eigenvalue weighted by molar-refractivity contribution is -0.141. The molecule has 10 heteroatoms. The molecule has 8 nitrogen and oxygen atoms in total. The highest BCUT2D eigenvalue weighted by Gasteiger charge is 2.66. The summed E-state index contributed by atoms with van der Waals surface area (Å²) in [4.78, 5) is 15.1. The van der Waals surface area contributed by atoms with E-state index in [0.29, 0.717) is 52.0 Å². The van der Waals surface area contributed by atoms with Crippen molar-refractivity contribution in [2.24, 2.45) is 10.8 Å². The van der Waals surface area contributed by atoms with Gasteiger partial charge in [0.2, 0.25) is 26.0 Å². The van der Waals surface area contributed by atoms with Gasteiger partial charge in [0.25, 0.3) is 0 Å². The number of rotatable bonds is 4. The van der Waals surface area contributed by atoms with Crippen LogP contribution in [0.2, 0.25) is 0 Å². The van der Waals surface area contributed by atoms with Crippen molar-refractivity contribution in [1.82, 2.24) is 13.5 Å². The zero-order chi connectivity index (χ0) is 19.7. The van der Waals surface area contributed by atoms with E-state index in [1.54, 1.807) is 4.31 Å². The highest BCUT2D eigenvalue weighted by Crippen LogP contribution is 2.58. The van der Waals surface area contributed by atoms with Crippen LogP contribution in [0.4, 0.5) is 0 Å². The van der Waals surface area contributed by atoms with Gasteiger partial charge in [0.1, 0.15) is 0 Å². The molecule has 0 aromatic carbocycles. The third-order valence-electron chi connectivity index (χ3n) is 7.28. The van der Waals surface area contributed by atoms with Gasteiger partial charge in [-0.2, -0.15) is 0 Å². The standard InChI is InChI=1S/C17H29N3O5S2/c1-3-18-9-8-17(15(18)21)13-20(26(2,22)23)12-16(17)6-10-19(11-7-16)27(24,25)14-4-5-14/h14H,3-13H2,1-2H3/t17-/m1/s1. The minimum absolute atomic E-state index is 0.0506. The van der Waals surface area contributed by atoms with Crippen molar-refractivity contribution in [3.63, 3.8) is 0 Å². The average molecular weight is 420 g/mol. The molecule has 2 spiro atoms. The van der Waals surface area contributed by atoms with Gasteiger partial charge in [0, 0.05) is 44.7 Å². The second-order valence-corrected chi connectivity index (χ2v) is 12.9. The number of amides is 1. The minimum atomic E-state index is -3.40. The summed E-state index contributed by atoms with van der Waals surface area (Å²) in [6.07, 6.45) is 4.42. The van der Waals surface area contributed by atoms with E-state index in [9.17, 15) is 21.6 Å². The summed E-state index contributed by atoms with van der Waals surface area (Å²) in [5, 5.41) is -0.236. The fourth-order valence-electron chi connectivity index (χ4n) is 5.41. The molecule has 154 valence electrons. The van der Waals surface area contributed by atoms with Gasteiger partial charge >= 0.3 is 0 Å². The molecule has 1 saturated carbocycles. The average Bonchev–Trinajstić information content (AvgIpc) is 3.35. The van der Waals surface area contributed by atoms with Crippen LogP contribution in [0, 0.1) is 10.8 Å². The Morgan fingerprint density at radius 3 is 2.07 bits per heavy atom. The first-order valence-electron chi connectivity index (χ1n) is 9.79. The van der Waals surface area contributed by atoms with Gasteiger partial charge in [-0.3, -0.25) is 4.79 Å². The number of nitrogens with zero attached hydrogens (tertiary/aromatic N) is 3. The molecule has 27 heavy (non-hydrogen) atoms. The number of hydrogen-bond acceptors (Lipinski definition) is 5. The minimum Gasteiger partial charge on any atom is -0.342 e. The maximum Gasteiger partial charge on any atom is 0.230 e. The molecule has 0 unspecified atom stereocenters. The van der Waals surface area contributed by atoms with Crippen LogP contribution in [0.15, 0.2) is 0 Å². The first-order valence-corrected chi connectivity index (χ1v) is 13.1. The van der Waals surface area contributed by atoms with Gasteiger partial charge in [-0.25, -0.2) is 25.4 Å². The zero-order valence-electron chi connectivity index (χ0n) is 16.1. The maximum atomic E-state index is 13.3. The Bertz CT molecular complexity index is 844. The summed E-state index contributed by atoms with van der Waals surface area (Å²) in [6.45, 7) is 4.55. The molecule has 4 rings (SSSR count). The van der Waals surface area contributed by atoms with Gasteiger partial charge in [-0.15, -0.1) is 0 Å². The van der Waals surface area contributed by atoms with E-state index in [0.717, 1.165) is 12.8 Å². The molecule has 4 fully saturated rings. The topological polar surface area (TPSA) is 95.1 Å².